The molecule has 40 heavy (non-hydrogen) atoms. The average Bonchev–Trinajstić information content (AvgIpc) is 3.47. The monoisotopic (exact) mass is 551 g/mol. The van der Waals surface area contributed by atoms with E-state index in [-0.39, 0.29) is 18.9 Å². The van der Waals surface area contributed by atoms with Crippen LogP contribution in [0.25, 0.3) is 28.0 Å². The first-order valence-corrected chi connectivity index (χ1v) is 13.3. The highest BCUT2D eigenvalue weighted by atomic mass is 35.5. The van der Waals surface area contributed by atoms with Gasteiger partial charge in [0.25, 0.3) is 0 Å². The molecule has 2 heterocycles. The fourth-order valence-electron chi connectivity index (χ4n) is 5.41. The Morgan fingerprint density at radius 1 is 0.975 bits per heavy atom. The van der Waals surface area contributed by atoms with Crippen LogP contribution in [0.1, 0.15) is 28.3 Å². The van der Waals surface area contributed by atoms with E-state index < -0.39 is 18.1 Å². The fraction of sp³-hybridized carbons (Fsp3) is 0.156. The number of imidazole rings is 1. The molecule has 1 amide bonds. The number of rotatable bonds is 7. The van der Waals surface area contributed by atoms with E-state index in [4.69, 9.17) is 21.3 Å². The summed E-state index contributed by atoms with van der Waals surface area (Å²) in [7, 11) is 0. The Hall–Kier alpha value is -4.62. The second kappa shape index (κ2) is 10.5. The number of aliphatic carboxylic acids is 1. The van der Waals surface area contributed by atoms with Crippen LogP contribution in [-0.4, -0.2) is 39.2 Å². The third-order valence-corrected chi connectivity index (χ3v) is 7.57. The van der Waals surface area contributed by atoms with Crippen molar-refractivity contribution in [3.63, 3.8) is 0 Å². The normalized spacial score (nSPS) is 13.1. The van der Waals surface area contributed by atoms with Crippen LogP contribution in [0.3, 0.4) is 0 Å². The van der Waals surface area contributed by atoms with E-state index in [1.54, 1.807) is 12.1 Å². The highest BCUT2D eigenvalue weighted by molar-refractivity contribution is 6.30. The molecule has 0 aliphatic heterocycles. The van der Waals surface area contributed by atoms with Crippen molar-refractivity contribution in [2.45, 2.75) is 25.3 Å². The van der Waals surface area contributed by atoms with Crippen LogP contribution in [0.5, 0.6) is 0 Å². The number of carboxylic acid groups (broad SMARTS) is 1. The van der Waals surface area contributed by atoms with Gasteiger partial charge in [-0.15, -0.1) is 0 Å². The molecular weight excluding hydrogens is 526 g/mol. The largest absolute Gasteiger partial charge is 0.480 e. The molecule has 0 saturated carbocycles. The van der Waals surface area contributed by atoms with Gasteiger partial charge in [-0.25, -0.2) is 14.6 Å². The number of hydrogen-bond donors (Lipinski definition) is 2. The maximum Gasteiger partial charge on any atom is 0.407 e. The van der Waals surface area contributed by atoms with Gasteiger partial charge in [0.2, 0.25) is 0 Å². The predicted molar refractivity (Wildman–Crippen MR) is 154 cm³/mol. The molecule has 0 radical (unpaired) electrons. The van der Waals surface area contributed by atoms with E-state index in [9.17, 15) is 14.7 Å². The lowest BCUT2D eigenvalue weighted by Gasteiger charge is -2.18. The average molecular weight is 552 g/mol. The van der Waals surface area contributed by atoms with Crippen molar-refractivity contribution >= 4 is 29.3 Å². The molecule has 0 spiro atoms. The van der Waals surface area contributed by atoms with Crippen molar-refractivity contribution in [2.24, 2.45) is 0 Å². The molecule has 8 heteroatoms. The summed E-state index contributed by atoms with van der Waals surface area (Å²) in [6.45, 7) is 2.05. The van der Waals surface area contributed by atoms with E-state index in [2.05, 4.69) is 17.4 Å². The van der Waals surface area contributed by atoms with Gasteiger partial charge in [0.1, 0.15) is 18.3 Å². The van der Waals surface area contributed by atoms with Crippen LogP contribution in [-0.2, 0) is 16.0 Å². The Morgan fingerprint density at radius 3 is 2.27 bits per heavy atom. The summed E-state index contributed by atoms with van der Waals surface area (Å²) in [6.07, 6.45) is 1.12. The maximum atomic E-state index is 12.9. The molecule has 2 aromatic heterocycles. The second-order valence-electron chi connectivity index (χ2n) is 9.91. The molecule has 200 valence electrons. The van der Waals surface area contributed by atoms with Crippen LogP contribution in [0, 0.1) is 6.92 Å². The molecule has 5 aromatic rings. The number of carbonyl (C=O) groups is 2. The zero-order valence-electron chi connectivity index (χ0n) is 21.7. The van der Waals surface area contributed by atoms with Crippen LogP contribution in [0.15, 0.2) is 91.1 Å². The summed E-state index contributed by atoms with van der Waals surface area (Å²) in [6, 6.07) is 25.9. The molecule has 3 aromatic carbocycles. The van der Waals surface area contributed by atoms with E-state index in [0.29, 0.717) is 22.1 Å². The molecule has 0 saturated heterocycles. The van der Waals surface area contributed by atoms with Gasteiger partial charge in [-0.3, -0.25) is 0 Å². The van der Waals surface area contributed by atoms with Gasteiger partial charge in [-0.1, -0.05) is 78.3 Å². The number of hydrogen-bond acceptors (Lipinski definition) is 4. The van der Waals surface area contributed by atoms with Crippen molar-refractivity contribution in [3.05, 3.63) is 119 Å². The standard InChI is InChI=1S/C32H26ClN3O4/c1-19-10-15-29-35-30(20-11-13-21(33)14-12-20)28(36(29)17-19)16-27(31(37)38)34-32(39)40-18-26-24-8-4-2-6-22(24)23-7-3-5-9-25(23)26/h2-15,17,26-27H,16,18H2,1H3,(H,34,39)(H,37,38). The topological polar surface area (TPSA) is 92.9 Å². The van der Waals surface area contributed by atoms with Gasteiger partial charge in [0.15, 0.2) is 0 Å². The van der Waals surface area contributed by atoms with Gasteiger partial charge < -0.3 is 19.6 Å². The van der Waals surface area contributed by atoms with Crippen molar-refractivity contribution in [1.29, 1.82) is 0 Å². The summed E-state index contributed by atoms with van der Waals surface area (Å²) in [4.78, 5) is 30.0. The molecule has 0 fully saturated rings. The van der Waals surface area contributed by atoms with Crippen LogP contribution in [0.2, 0.25) is 5.02 Å². The minimum atomic E-state index is -1.23. The smallest absolute Gasteiger partial charge is 0.407 e. The number of aromatic nitrogens is 2. The van der Waals surface area contributed by atoms with Crippen LogP contribution < -0.4 is 5.32 Å². The molecular formula is C32H26ClN3O4. The first-order valence-electron chi connectivity index (χ1n) is 13.0. The summed E-state index contributed by atoms with van der Waals surface area (Å²) in [5.74, 6) is -1.29. The number of pyridine rings is 1. The number of fused-ring (bicyclic) bond motifs is 4. The van der Waals surface area contributed by atoms with Gasteiger partial charge in [0, 0.05) is 29.1 Å². The highest BCUT2D eigenvalue weighted by Gasteiger charge is 2.30. The number of nitrogens with one attached hydrogen (secondary N) is 1. The zero-order valence-corrected chi connectivity index (χ0v) is 22.4. The highest BCUT2D eigenvalue weighted by Crippen LogP contribution is 2.44. The Kier molecular flexibility index (Phi) is 6.74. The molecule has 1 unspecified atom stereocenters. The minimum absolute atomic E-state index is 0.00209. The Bertz CT molecular complexity index is 1700. The summed E-state index contributed by atoms with van der Waals surface area (Å²) in [5.41, 5.74) is 8.16. The maximum absolute atomic E-state index is 12.9. The molecule has 1 atom stereocenters. The summed E-state index contributed by atoms with van der Waals surface area (Å²) in [5, 5.41) is 13.2. The van der Waals surface area contributed by atoms with Gasteiger partial charge >= 0.3 is 12.1 Å². The lowest BCUT2D eigenvalue weighted by atomic mass is 9.98. The zero-order chi connectivity index (χ0) is 27.8. The SMILES string of the molecule is Cc1ccc2nc(-c3ccc(Cl)cc3)c(CC(NC(=O)OCC3c4ccccc4-c4ccccc43)C(=O)O)n2c1. The number of halogens is 1. The summed E-state index contributed by atoms with van der Waals surface area (Å²) >= 11 is 6.09. The molecule has 2 N–H and O–H groups in total. The van der Waals surface area contributed by atoms with Crippen molar-refractivity contribution in [2.75, 3.05) is 6.61 Å². The molecule has 0 bridgehead atoms. The number of benzene rings is 3. The van der Waals surface area contributed by atoms with Gasteiger partial charge in [-0.05, 0) is 52.9 Å². The number of alkyl carbamates (subject to hydrolysis) is 1. The first kappa shape index (κ1) is 25.6. The predicted octanol–water partition coefficient (Wildman–Crippen LogP) is 6.50. The first-order chi connectivity index (χ1) is 19.4. The van der Waals surface area contributed by atoms with E-state index >= 15 is 0 Å². The number of carbonyl (C=O) groups excluding carboxylic acids is 1. The number of carboxylic acids is 1. The lowest BCUT2D eigenvalue weighted by Crippen LogP contribution is -2.43. The van der Waals surface area contributed by atoms with E-state index in [1.165, 1.54) is 0 Å². The fourth-order valence-corrected chi connectivity index (χ4v) is 5.54. The minimum Gasteiger partial charge on any atom is -0.480 e. The molecule has 7 nitrogen and oxygen atoms in total. The molecule has 1 aliphatic carbocycles. The van der Waals surface area contributed by atoms with Gasteiger partial charge in [-0.2, -0.15) is 0 Å². The second-order valence-corrected chi connectivity index (χ2v) is 10.3. The van der Waals surface area contributed by atoms with Crippen molar-refractivity contribution in [1.82, 2.24) is 14.7 Å². The molecule has 1 aliphatic rings. The molecule has 6 rings (SSSR count). The lowest BCUT2D eigenvalue weighted by molar-refractivity contribution is -0.139. The van der Waals surface area contributed by atoms with Gasteiger partial charge in [0.05, 0.1) is 11.4 Å². The van der Waals surface area contributed by atoms with Crippen LogP contribution >= 0.6 is 11.6 Å². The Morgan fingerprint density at radius 2 is 1.62 bits per heavy atom. The van der Waals surface area contributed by atoms with E-state index in [1.807, 2.05) is 78.2 Å². The third kappa shape index (κ3) is 4.80. The number of ether oxygens (including phenoxy) is 1. The Labute approximate surface area is 236 Å². The number of aryl methyl sites for hydroxylation is 1. The van der Waals surface area contributed by atoms with Crippen LogP contribution in [0.4, 0.5) is 4.79 Å². The third-order valence-electron chi connectivity index (χ3n) is 7.31. The van der Waals surface area contributed by atoms with Crippen molar-refractivity contribution in [3.8, 4) is 22.4 Å². The Balaban J connectivity index is 1.24. The number of nitrogens with zero attached hydrogens (tertiary/aromatic N) is 2. The quantitative estimate of drug-likeness (QED) is 0.241. The number of amides is 1. The van der Waals surface area contributed by atoms with Crippen molar-refractivity contribution < 1.29 is 19.4 Å². The van der Waals surface area contributed by atoms with E-state index in [0.717, 1.165) is 33.4 Å². The summed E-state index contributed by atoms with van der Waals surface area (Å²) < 4.78 is 7.49.